The molecule has 1 heterocycles. The first-order valence-corrected chi connectivity index (χ1v) is 8.33. The molecule has 1 aromatic heterocycles. The van der Waals surface area contributed by atoms with Gasteiger partial charge in [0, 0.05) is 18.3 Å². The van der Waals surface area contributed by atoms with Crippen molar-refractivity contribution in [1.82, 2.24) is 9.55 Å². The molecule has 0 fully saturated rings. The van der Waals surface area contributed by atoms with Crippen LogP contribution in [0.15, 0.2) is 35.7 Å². The first-order chi connectivity index (χ1) is 10.8. The Hall–Kier alpha value is -2.00. The van der Waals surface area contributed by atoms with Gasteiger partial charge in [-0.25, -0.2) is 13.8 Å². The van der Waals surface area contributed by atoms with Crippen LogP contribution in [0.3, 0.4) is 0 Å². The third-order valence-electron chi connectivity index (χ3n) is 3.21. The number of hydrogen-bond acceptors (Lipinski definition) is 4. The number of nitrogens with zero attached hydrogens (tertiary/aromatic N) is 3. The summed E-state index contributed by atoms with van der Waals surface area (Å²) >= 11 is 0. The van der Waals surface area contributed by atoms with Gasteiger partial charge in [-0.1, -0.05) is 0 Å². The molecule has 2 aromatic rings. The monoisotopic (exact) mass is 345 g/mol. The molecule has 6 nitrogen and oxygen atoms in total. The van der Waals surface area contributed by atoms with Crippen LogP contribution in [0.1, 0.15) is 19.9 Å². The van der Waals surface area contributed by atoms with Crippen molar-refractivity contribution >= 4 is 15.7 Å². The molecule has 0 atom stereocenters. The molecular formula is C14H17F2N3O3S. The number of benzene rings is 1. The smallest absolute Gasteiger partial charge is 0.283 e. The Balaban J connectivity index is 2.50. The average Bonchev–Trinajstić information content (AvgIpc) is 2.96. The summed E-state index contributed by atoms with van der Waals surface area (Å²) in [7, 11) is -4.19. The number of anilines is 1. The van der Waals surface area contributed by atoms with E-state index in [1.54, 1.807) is 4.57 Å². The Kier molecular flexibility index (Phi) is 5.00. The molecule has 0 radical (unpaired) electrons. The first kappa shape index (κ1) is 17.4. The van der Waals surface area contributed by atoms with Crippen LogP contribution in [0.25, 0.3) is 0 Å². The summed E-state index contributed by atoms with van der Waals surface area (Å²) in [4.78, 5) is 3.84. The molecule has 0 bridgehead atoms. The molecule has 1 aromatic carbocycles. The number of halogens is 2. The molecule has 0 saturated carbocycles. The number of sulfonamides is 1. The van der Waals surface area contributed by atoms with Crippen molar-refractivity contribution in [2.75, 3.05) is 17.5 Å². The van der Waals surface area contributed by atoms with Crippen LogP contribution >= 0.6 is 0 Å². The number of rotatable bonds is 6. The van der Waals surface area contributed by atoms with E-state index >= 15 is 0 Å². The second-order valence-electron chi connectivity index (χ2n) is 5.15. The molecule has 9 heteroatoms. The van der Waals surface area contributed by atoms with Gasteiger partial charge in [-0.2, -0.15) is 8.42 Å². The third-order valence-corrected chi connectivity index (χ3v) is 4.91. The maximum Gasteiger partial charge on any atom is 0.283 e. The Labute approximate surface area is 133 Å². The van der Waals surface area contributed by atoms with E-state index in [0.717, 1.165) is 12.1 Å². The first-order valence-electron chi connectivity index (χ1n) is 6.89. The Bertz CT molecular complexity index is 790. The van der Waals surface area contributed by atoms with Gasteiger partial charge >= 0.3 is 0 Å². The summed E-state index contributed by atoms with van der Waals surface area (Å²) in [6.45, 7) is 2.80. The highest BCUT2D eigenvalue weighted by Gasteiger charge is 2.29. The van der Waals surface area contributed by atoms with Gasteiger partial charge in [0.2, 0.25) is 0 Å². The van der Waals surface area contributed by atoms with Gasteiger partial charge in [0.1, 0.15) is 11.6 Å². The second kappa shape index (κ2) is 6.63. The molecule has 126 valence electrons. The lowest BCUT2D eigenvalue weighted by Crippen LogP contribution is -2.34. The lowest BCUT2D eigenvalue weighted by atomic mass is 10.3. The summed E-state index contributed by atoms with van der Waals surface area (Å²) in [5.74, 6) is -1.86. The highest BCUT2D eigenvalue weighted by Crippen LogP contribution is 2.26. The van der Waals surface area contributed by atoms with E-state index in [4.69, 9.17) is 5.11 Å². The quantitative estimate of drug-likeness (QED) is 0.868. The standard InChI is InChI=1S/C14H17F2N3O3S/c1-10(2)18-8-14(17-9-18)23(21,22)19(5-6-20)13-4-3-11(15)7-12(13)16/h3-4,7-10,20H,5-6H2,1-2H3. The lowest BCUT2D eigenvalue weighted by molar-refractivity contribution is 0.306. The SMILES string of the molecule is CC(C)n1cnc(S(=O)(=O)N(CCO)c2ccc(F)cc2F)c1. The number of imidazole rings is 1. The largest absolute Gasteiger partial charge is 0.394 e. The molecule has 0 saturated heterocycles. The number of aliphatic hydroxyl groups excluding tert-OH is 1. The zero-order valence-electron chi connectivity index (χ0n) is 12.6. The molecule has 0 amide bonds. The van der Waals surface area contributed by atoms with Gasteiger partial charge in [0.15, 0.2) is 5.03 Å². The van der Waals surface area contributed by atoms with Gasteiger partial charge in [-0.05, 0) is 26.0 Å². The molecule has 23 heavy (non-hydrogen) atoms. The van der Waals surface area contributed by atoms with Crippen LogP contribution in [0.2, 0.25) is 0 Å². The summed E-state index contributed by atoms with van der Waals surface area (Å²) in [6.07, 6.45) is 2.68. The molecule has 0 aliphatic heterocycles. The molecule has 0 spiro atoms. The summed E-state index contributed by atoms with van der Waals surface area (Å²) in [5, 5.41) is 8.84. The van der Waals surface area contributed by atoms with Gasteiger partial charge in [0.05, 0.1) is 25.2 Å². The van der Waals surface area contributed by atoms with Crippen molar-refractivity contribution in [2.45, 2.75) is 24.9 Å². The summed E-state index contributed by atoms with van der Waals surface area (Å²) < 4.78 is 54.6. The fourth-order valence-corrected chi connectivity index (χ4v) is 3.38. The predicted octanol–water partition coefficient (Wildman–Crippen LogP) is 1.93. The van der Waals surface area contributed by atoms with Gasteiger partial charge in [-0.3, -0.25) is 4.31 Å². The van der Waals surface area contributed by atoms with Crippen LogP contribution < -0.4 is 4.31 Å². The van der Waals surface area contributed by atoms with Crippen molar-refractivity contribution < 1.29 is 22.3 Å². The van der Waals surface area contributed by atoms with Crippen LogP contribution in [0.4, 0.5) is 14.5 Å². The molecule has 0 aliphatic carbocycles. The lowest BCUT2D eigenvalue weighted by Gasteiger charge is -2.23. The minimum Gasteiger partial charge on any atom is -0.394 e. The van der Waals surface area contributed by atoms with E-state index < -0.39 is 28.3 Å². The normalized spacial score (nSPS) is 11.9. The number of aliphatic hydroxyl groups is 1. The third kappa shape index (κ3) is 3.50. The van der Waals surface area contributed by atoms with E-state index in [-0.39, 0.29) is 23.3 Å². The Morgan fingerprint density at radius 2 is 2.04 bits per heavy atom. The Morgan fingerprint density at radius 1 is 1.35 bits per heavy atom. The fourth-order valence-electron chi connectivity index (χ4n) is 1.99. The summed E-state index contributed by atoms with van der Waals surface area (Å²) in [5.41, 5.74) is -0.348. The van der Waals surface area contributed by atoms with Crippen LogP contribution in [-0.2, 0) is 10.0 Å². The molecular weight excluding hydrogens is 328 g/mol. The van der Waals surface area contributed by atoms with Crippen LogP contribution in [0.5, 0.6) is 0 Å². The highest BCUT2D eigenvalue weighted by molar-refractivity contribution is 7.92. The van der Waals surface area contributed by atoms with Crippen molar-refractivity contribution in [2.24, 2.45) is 0 Å². The molecule has 1 N–H and O–H groups in total. The van der Waals surface area contributed by atoms with Gasteiger partial charge in [-0.15, -0.1) is 0 Å². The minimum atomic E-state index is -4.19. The molecule has 0 unspecified atom stereocenters. The van der Waals surface area contributed by atoms with E-state index in [9.17, 15) is 17.2 Å². The van der Waals surface area contributed by atoms with Crippen molar-refractivity contribution in [3.05, 3.63) is 42.4 Å². The zero-order valence-corrected chi connectivity index (χ0v) is 13.5. The fraction of sp³-hybridized carbons (Fsp3) is 0.357. The second-order valence-corrected chi connectivity index (χ2v) is 6.96. The van der Waals surface area contributed by atoms with Crippen molar-refractivity contribution in [3.8, 4) is 0 Å². The van der Waals surface area contributed by atoms with Crippen molar-refractivity contribution in [1.29, 1.82) is 0 Å². The molecule has 0 aliphatic rings. The van der Waals surface area contributed by atoms with E-state index in [1.807, 2.05) is 13.8 Å². The number of hydrogen-bond donors (Lipinski definition) is 1. The average molecular weight is 345 g/mol. The maximum atomic E-state index is 14.0. The van der Waals surface area contributed by atoms with E-state index in [1.165, 1.54) is 12.5 Å². The highest BCUT2D eigenvalue weighted by atomic mass is 32.2. The zero-order chi connectivity index (χ0) is 17.2. The van der Waals surface area contributed by atoms with Crippen molar-refractivity contribution in [3.63, 3.8) is 0 Å². The van der Waals surface area contributed by atoms with E-state index in [0.29, 0.717) is 10.4 Å². The van der Waals surface area contributed by atoms with Crippen LogP contribution in [0, 0.1) is 11.6 Å². The topological polar surface area (TPSA) is 75.4 Å². The predicted molar refractivity (Wildman–Crippen MR) is 80.6 cm³/mol. The minimum absolute atomic E-state index is 0.000277. The number of aromatic nitrogens is 2. The van der Waals surface area contributed by atoms with E-state index in [2.05, 4.69) is 4.98 Å². The van der Waals surface area contributed by atoms with Gasteiger partial charge in [0.25, 0.3) is 10.0 Å². The summed E-state index contributed by atoms with van der Waals surface area (Å²) in [6, 6.07) is 2.55. The van der Waals surface area contributed by atoms with Gasteiger partial charge < -0.3 is 9.67 Å². The van der Waals surface area contributed by atoms with Crippen LogP contribution in [-0.4, -0.2) is 36.2 Å². The molecule has 2 rings (SSSR count). The Morgan fingerprint density at radius 3 is 2.57 bits per heavy atom. The maximum absolute atomic E-state index is 14.0.